The van der Waals surface area contributed by atoms with Crippen LogP contribution in [0.2, 0.25) is 0 Å². The van der Waals surface area contributed by atoms with Gasteiger partial charge in [-0.25, -0.2) is 4.39 Å². The topological polar surface area (TPSA) is 77.1 Å². The molecule has 0 aromatic heterocycles. The van der Waals surface area contributed by atoms with Crippen LogP contribution in [-0.4, -0.2) is 43.3 Å². The maximum atomic E-state index is 14.4. The summed E-state index contributed by atoms with van der Waals surface area (Å²) in [6.07, 6.45) is 3.17. The number of fused-ring (bicyclic) bond motifs is 2. The van der Waals surface area contributed by atoms with Gasteiger partial charge in [-0.15, -0.1) is 0 Å². The lowest BCUT2D eigenvalue weighted by Crippen LogP contribution is -2.41. The zero-order valence-electron chi connectivity index (χ0n) is 16.4. The third-order valence-electron chi connectivity index (χ3n) is 6.36. The second-order valence-electron chi connectivity index (χ2n) is 8.12. The highest BCUT2D eigenvalue weighted by atomic mass is 19.1. The molecule has 4 aliphatic rings. The van der Waals surface area contributed by atoms with Gasteiger partial charge in [0.15, 0.2) is 11.5 Å². The van der Waals surface area contributed by atoms with Crippen LogP contribution in [0.4, 0.5) is 15.8 Å². The molecule has 1 spiro atoms. The van der Waals surface area contributed by atoms with Gasteiger partial charge in [0.25, 0.3) is 0 Å². The Morgan fingerprint density at radius 2 is 1.94 bits per heavy atom. The fourth-order valence-electron chi connectivity index (χ4n) is 5.02. The summed E-state index contributed by atoms with van der Waals surface area (Å²) in [6.45, 7) is 1.10. The summed E-state index contributed by atoms with van der Waals surface area (Å²) in [5, 5.41) is 2.88. The quantitative estimate of drug-likeness (QED) is 0.770. The zero-order chi connectivity index (χ0) is 21.2. The number of hydrogen-bond acceptors (Lipinski definition) is 5. The second kappa shape index (κ2) is 6.55. The van der Waals surface area contributed by atoms with E-state index in [1.54, 1.807) is 36.4 Å². The number of hydrogen-bond donors (Lipinski definition) is 1. The number of carbonyl (C=O) groups excluding carboxylic acids is 2. The Labute approximate surface area is 177 Å². The van der Waals surface area contributed by atoms with Crippen molar-refractivity contribution < 1.29 is 28.2 Å². The lowest BCUT2D eigenvalue weighted by atomic mass is 9.77. The Bertz CT molecular complexity index is 1130. The van der Waals surface area contributed by atoms with Crippen molar-refractivity contribution in [2.75, 3.05) is 30.0 Å². The highest BCUT2D eigenvalue weighted by Crippen LogP contribution is 2.53. The maximum Gasteiger partial charge on any atom is 0.234 e. The number of rotatable bonds is 3. The molecule has 2 bridgehead atoms. The van der Waals surface area contributed by atoms with E-state index in [0.717, 1.165) is 0 Å². The summed E-state index contributed by atoms with van der Waals surface area (Å²) in [5.74, 6) is -1.33. The number of nitrogens with one attached hydrogen (secondary N) is 1. The van der Waals surface area contributed by atoms with Crippen LogP contribution in [0.3, 0.4) is 0 Å². The molecule has 0 saturated carbocycles. The molecule has 0 unspecified atom stereocenters. The second-order valence-corrected chi connectivity index (χ2v) is 8.12. The number of ether oxygens (including phenoxy) is 3. The SMILES string of the molecule is O=C(Nc1ccc2c(c1)OCCO2)[C@H]1[C@H]2C=C[C@]3(CN(c4ccccc4F)C(=O)[C@@H]13)O2. The van der Waals surface area contributed by atoms with Gasteiger partial charge in [-0.2, -0.15) is 0 Å². The van der Waals surface area contributed by atoms with Gasteiger partial charge >= 0.3 is 0 Å². The van der Waals surface area contributed by atoms with E-state index in [9.17, 15) is 14.0 Å². The molecule has 2 aromatic rings. The summed E-state index contributed by atoms with van der Waals surface area (Å²) in [6, 6.07) is 11.3. The van der Waals surface area contributed by atoms with E-state index in [4.69, 9.17) is 14.2 Å². The van der Waals surface area contributed by atoms with Gasteiger partial charge in [-0.05, 0) is 24.3 Å². The smallest absolute Gasteiger partial charge is 0.234 e. The normalized spacial score (nSPS) is 29.9. The summed E-state index contributed by atoms with van der Waals surface area (Å²) in [5.41, 5.74) is -0.173. The molecule has 7 nitrogen and oxygen atoms in total. The molecule has 31 heavy (non-hydrogen) atoms. The minimum atomic E-state index is -0.918. The molecular weight excluding hydrogens is 403 g/mol. The molecule has 2 aromatic carbocycles. The van der Waals surface area contributed by atoms with Gasteiger partial charge < -0.3 is 24.4 Å². The highest BCUT2D eigenvalue weighted by molar-refractivity contribution is 6.05. The van der Waals surface area contributed by atoms with Crippen molar-refractivity contribution >= 4 is 23.2 Å². The first-order chi connectivity index (χ1) is 15.1. The molecule has 0 radical (unpaired) electrons. The van der Waals surface area contributed by atoms with E-state index in [2.05, 4.69) is 5.32 Å². The average Bonchev–Trinajstić information content (AvgIpc) is 3.42. The largest absolute Gasteiger partial charge is 0.486 e. The number of anilines is 2. The fraction of sp³-hybridized carbons (Fsp3) is 0.304. The van der Waals surface area contributed by atoms with Crippen molar-refractivity contribution in [3.63, 3.8) is 0 Å². The van der Waals surface area contributed by atoms with E-state index >= 15 is 0 Å². The van der Waals surface area contributed by atoms with Gasteiger partial charge in [0.1, 0.15) is 24.6 Å². The van der Waals surface area contributed by atoms with Gasteiger partial charge in [0.05, 0.1) is 30.2 Å². The van der Waals surface area contributed by atoms with Crippen LogP contribution >= 0.6 is 0 Å². The van der Waals surface area contributed by atoms with Crippen LogP contribution in [0.25, 0.3) is 0 Å². The molecule has 8 heteroatoms. The predicted molar refractivity (Wildman–Crippen MR) is 109 cm³/mol. The number of carbonyl (C=O) groups is 2. The Kier molecular flexibility index (Phi) is 3.89. The molecule has 6 rings (SSSR count). The van der Waals surface area contributed by atoms with Crippen LogP contribution < -0.4 is 19.7 Å². The summed E-state index contributed by atoms with van der Waals surface area (Å²) >= 11 is 0. The van der Waals surface area contributed by atoms with Crippen molar-refractivity contribution in [3.8, 4) is 11.5 Å². The van der Waals surface area contributed by atoms with Gasteiger partial charge in [-0.3, -0.25) is 9.59 Å². The van der Waals surface area contributed by atoms with Crippen molar-refractivity contribution in [1.29, 1.82) is 0 Å². The summed E-state index contributed by atoms with van der Waals surface area (Å²) in [4.78, 5) is 27.9. The van der Waals surface area contributed by atoms with Crippen LogP contribution in [0.5, 0.6) is 11.5 Å². The summed E-state index contributed by atoms with van der Waals surface area (Å²) in [7, 11) is 0. The third-order valence-corrected chi connectivity index (χ3v) is 6.36. The molecule has 4 heterocycles. The van der Waals surface area contributed by atoms with E-state index in [1.807, 2.05) is 12.2 Å². The maximum absolute atomic E-state index is 14.4. The Morgan fingerprint density at radius 1 is 1.13 bits per heavy atom. The van der Waals surface area contributed by atoms with Crippen LogP contribution in [0.15, 0.2) is 54.6 Å². The van der Waals surface area contributed by atoms with E-state index in [0.29, 0.717) is 30.4 Å². The molecule has 4 aliphatic heterocycles. The predicted octanol–water partition coefficient (Wildman–Crippen LogP) is 2.52. The molecule has 4 atom stereocenters. The monoisotopic (exact) mass is 422 g/mol. The highest BCUT2D eigenvalue weighted by Gasteiger charge is 2.67. The number of nitrogens with zero attached hydrogens (tertiary/aromatic N) is 1. The molecule has 2 amide bonds. The molecule has 2 saturated heterocycles. The van der Waals surface area contributed by atoms with Crippen molar-refractivity contribution in [2.24, 2.45) is 11.8 Å². The third kappa shape index (κ3) is 2.68. The van der Waals surface area contributed by atoms with Crippen molar-refractivity contribution in [3.05, 3.63) is 60.4 Å². The first kappa shape index (κ1) is 18.4. The average molecular weight is 422 g/mol. The first-order valence-electron chi connectivity index (χ1n) is 10.2. The Balaban J connectivity index is 1.28. The van der Waals surface area contributed by atoms with Gasteiger partial charge in [-0.1, -0.05) is 24.3 Å². The molecule has 0 aliphatic carbocycles. The van der Waals surface area contributed by atoms with E-state index < -0.39 is 29.4 Å². The number of halogens is 1. The van der Waals surface area contributed by atoms with Gasteiger partial charge in [0.2, 0.25) is 11.8 Å². The van der Waals surface area contributed by atoms with Crippen LogP contribution in [-0.2, 0) is 14.3 Å². The van der Waals surface area contributed by atoms with Crippen LogP contribution in [0.1, 0.15) is 0 Å². The molecule has 2 fully saturated rings. The lowest BCUT2D eigenvalue weighted by Gasteiger charge is -2.24. The number of para-hydroxylation sites is 1. The molecule has 158 valence electrons. The molecule has 1 N–H and O–H groups in total. The first-order valence-corrected chi connectivity index (χ1v) is 10.2. The standard InChI is InChI=1S/C23H19FN2O5/c24-14-3-1-2-4-15(14)26-12-23-8-7-17(31-23)19(20(23)22(26)28)21(27)25-13-5-6-16-18(11-13)30-10-9-29-16/h1-8,11,17,19-20H,9-10,12H2,(H,25,27)/t17-,19+,20-,23-/m1/s1. The lowest BCUT2D eigenvalue weighted by molar-refractivity contribution is -0.128. The fourth-order valence-corrected chi connectivity index (χ4v) is 5.02. The number of amides is 2. The zero-order valence-corrected chi connectivity index (χ0v) is 16.4. The Hall–Kier alpha value is -3.39. The van der Waals surface area contributed by atoms with Crippen molar-refractivity contribution in [1.82, 2.24) is 0 Å². The molecular formula is C23H19FN2O5. The minimum Gasteiger partial charge on any atom is -0.486 e. The minimum absolute atomic E-state index is 0.179. The number of benzene rings is 2. The van der Waals surface area contributed by atoms with Crippen LogP contribution in [0, 0.1) is 17.7 Å². The Morgan fingerprint density at radius 3 is 2.77 bits per heavy atom. The van der Waals surface area contributed by atoms with Gasteiger partial charge in [0, 0.05) is 11.8 Å². The van der Waals surface area contributed by atoms with E-state index in [1.165, 1.54) is 11.0 Å². The summed E-state index contributed by atoms with van der Waals surface area (Å²) < 4.78 is 31.5. The van der Waals surface area contributed by atoms with Crippen molar-refractivity contribution in [2.45, 2.75) is 11.7 Å². The van der Waals surface area contributed by atoms with E-state index in [-0.39, 0.29) is 24.0 Å².